The maximum absolute atomic E-state index is 12.5. The Morgan fingerprint density at radius 3 is 2.21 bits per heavy atom. The Balaban J connectivity index is 1.48. The first-order valence-electron chi connectivity index (χ1n) is 9.71. The summed E-state index contributed by atoms with van der Waals surface area (Å²) in [4.78, 5) is 12.5. The molecule has 0 saturated carbocycles. The van der Waals surface area contributed by atoms with Crippen molar-refractivity contribution in [3.8, 4) is 0 Å². The van der Waals surface area contributed by atoms with Crippen LogP contribution in [0.5, 0.6) is 0 Å². The molecule has 1 atom stereocenters. The molecule has 2 aliphatic carbocycles. The van der Waals surface area contributed by atoms with Gasteiger partial charge in [0.25, 0.3) is 0 Å². The number of sulfonamides is 1. The van der Waals surface area contributed by atoms with Gasteiger partial charge in [0.05, 0.1) is 5.75 Å². The number of hydrogen-bond acceptors (Lipinski definition) is 4. The highest BCUT2D eigenvalue weighted by molar-refractivity contribution is 7.90. The van der Waals surface area contributed by atoms with Crippen molar-refractivity contribution in [2.45, 2.75) is 44.6 Å². The highest BCUT2D eigenvalue weighted by atomic mass is 32.2. The molecule has 0 radical (unpaired) electrons. The number of carbonyl (C=O) groups is 1. The van der Waals surface area contributed by atoms with Gasteiger partial charge in [0.1, 0.15) is 0 Å². The van der Waals surface area contributed by atoms with Gasteiger partial charge in [-0.15, -0.1) is 0 Å². The van der Waals surface area contributed by atoms with E-state index in [0.29, 0.717) is 5.56 Å². The molecule has 7 heteroatoms. The largest absolute Gasteiger partial charge is 0.332 e. The Hall–Kier alpha value is -2.38. The fourth-order valence-corrected chi connectivity index (χ4v) is 5.40. The quantitative estimate of drug-likeness (QED) is 0.719. The molecular weight excluding hydrogens is 374 g/mol. The monoisotopic (exact) mass is 399 g/mol. The molecule has 0 heterocycles. The second-order valence-corrected chi connectivity index (χ2v) is 9.36. The van der Waals surface area contributed by atoms with Crippen molar-refractivity contribution in [1.29, 1.82) is 0 Å². The zero-order valence-corrected chi connectivity index (χ0v) is 16.5. The molecule has 28 heavy (non-hydrogen) atoms. The minimum absolute atomic E-state index is 0.352. The lowest BCUT2D eigenvalue weighted by atomic mass is 9.99. The van der Waals surface area contributed by atoms with E-state index in [0.717, 1.165) is 55.3 Å². The molecular formula is C21H25N3O3S. The van der Waals surface area contributed by atoms with Crippen molar-refractivity contribution >= 4 is 21.7 Å². The number of carbonyl (C=O) groups excluding carboxylic acids is 1. The molecule has 2 aromatic carbocycles. The van der Waals surface area contributed by atoms with E-state index < -0.39 is 22.1 Å². The van der Waals surface area contributed by atoms with Gasteiger partial charge in [0.2, 0.25) is 10.0 Å². The van der Waals surface area contributed by atoms with Crippen LogP contribution in [0.3, 0.4) is 0 Å². The van der Waals surface area contributed by atoms with Gasteiger partial charge in [-0.05, 0) is 66.3 Å². The Labute approximate surface area is 165 Å². The maximum atomic E-state index is 12.5. The van der Waals surface area contributed by atoms with Crippen LogP contribution in [0.2, 0.25) is 0 Å². The second-order valence-electron chi connectivity index (χ2n) is 7.59. The normalized spacial score (nSPS) is 16.3. The standard InChI is InChI=1S/C21H25N3O3S/c22-19(14-6-2-1-3-7-14)13-28(26,27)24-21(25)23-20-17-10-4-8-15(17)12-16-9-5-11-18(16)20/h1-3,6-7,12,19H,4-5,8-11,13,22H2,(H2,23,24,25). The summed E-state index contributed by atoms with van der Waals surface area (Å²) in [5, 5.41) is 2.84. The van der Waals surface area contributed by atoms with E-state index in [1.807, 2.05) is 6.07 Å². The van der Waals surface area contributed by atoms with E-state index in [1.165, 1.54) is 11.1 Å². The fourth-order valence-electron chi connectivity index (χ4n) is 4.32. The summed E-state index contributed by atoms with van der Waals surface area (Å²) in [5.74, 6) is -0.352. The van der Waals surface area contributed by atoms with Gasteiger partial charge in [0, 0.05) is 11.7 Å². The van der Waals surface area contributed by atoms with Gasteiger partial charge in [0.15, 0.2) is 0 Å². The molecule has 4 N–H and O–H groups in total. The molecule has 2 aliphatic rings. The number of hydrogen-bond donors (Lipinski definition) is 3. The number of nitrogens with one attached hydrogen (secondary N) is 2. The number of benzene rings is 2. The minimum Gasteiger partial charge on any atom is -0.323 e. The third-order valence-corrected chi connectivity index (χ3v) is 6.88. The van der Waals surface area contributed by atoms with Crippen LogP contribution in [0.25, 0.3) is 0 Å². The van der Waals surface area contributed by atoms with Gasteiger partial charge in [-0.1, -0.05) is 36.4 Å². The first-order valence-corrected chi connectivity index (χ1v) is 11.4. The summed E-state index contributed by atoms with van der Waals surface area (Å²) in [6.45, 7) is 0. The van der Waals surface area contributed by atoms with Crippen molar-refractivity contribution in [3.63, 3.8) is 0 Å². The molecule has 2 amide bonds. The highest BCUT2D eigenvalue weighted by Gasteiger charge is 2.26. The topological polar surface area (TPSA) is 101 Å². The maximum Gasteiger partial charge on any atom is 0.332 e. The van der Waals surface area contributed by atoms with Gasteiger partial charge in [-0.2, -0.15) is 0 Å². The zero-order chi connectivity index (χ0) is 19.7. The first kappa shape index (κ1) is 19.0. The Morgan fingerprint density at radius 2 is 1.61 bits per heavy atom. The summed E-state index contributed by atoms with van der Waals surface area (Å²) in [7, 11) is -3.86. The average molecular weight is 400 g/mol. The summed E-state index contributed by atoms with van der Waals surface area (Å²) in [5.41, 5.74) is 12.4. The van der Waals surface area contributed by atoms with E-state index in [2.05, 4.69) is 16.1 Å². The van der Waals surface area contributed by atoms with Gasteiger partial charge < -0.3 is 11.1 Å². The lowest BCUT2D eigenvalue weighted by Crippen LogP contribution is -2.39. The molecule has 1 unspecified atom stereocenters. The van der Waals surface area contributed by atoms with Crippen molar-refractivity contribution in [3.05, 3.63) is 64.2 Å². The molecule has 0 spiro atoms. The van der Waals surface area contributed by atoms with Crippen molar-refractivity contribution in [1.82, 2.24) is 4.72 Å². The third kappa shape index (κ3) is 3.91. The predicted molar refractivity (Wildman–Crippen MR) is 110 cm³/mol. The van der Waals surface area contributed by atoms with Crippen molar-refractivity contribution in [2.24, 2.45) is 5.73 Å². The van der Waals surface area contributed by atoms with Crippen LogP contribution >= 0.6 is 0 Å². The van der Waals surface area contributed by atoms with E-state index in [1.54, 1.807) is 24.3 Å². The van der Waals surface area contributed by atoms with Crippen LogP contribution in [0.15, 0.2) is 36.4 Å². The highest BCUT2D eigenvalue weighted by Crippen LogP contribution is 2.38. The molecule has 0 aromatic heterocycles. The molecule has 0 aliphatic heterocycles. The van der Waals surface area contributed by atoms with Gasteiger partial charge in [-0.3, -0.25) is 0 Å². The molecule has 2 aromatic rings. The Kier molecular flexibility index (Phi) is 5.12. The molecule has 4 rings (SSSR count). The first-order chi connectivity index (χ1) is 13.4. The molecule has 0 saturated heterocycles. The third-order valence-electron chi connectivity index (χ3n) is 5.59. The van der Waals surface area contributed by atoms with Crippen LogP contribution in [0.4, 0.5) is 10.5 Å². The molecule has 0 fully saturated rings. The molecule has 148 valence electrons. The molecule has 0 bridgehead atoms. The van der Waals surface area contributed by atoms with Crippen molar-refractivity contribution < 1.29 is 13.2 Å². The summed E-state index contributed by atoms with van der Waals surface area (Å²) >= 11 is 0. The fraction of sp³-hybridized carbons (Fsp3) is 0.381. The number of amides is 2. The van der Waals surface area contributed by atoms with Crippen LogP contribution in [-0.2, 0) is 35.7 Å². The summed E-state index contributed by atoms with van der Waals surface area (Å²) < 4.78 is 27.0. The van der Waals surface area contributed by atoms with Crippen LogP contribution in [0.1, 0.15) is 46.7 Å². The van der Waals surface area contributed by atoms with E-state index in [9.17, 15) is 13.2 Å². The predicted octanol–water partition coefficient (Wildman–Crippen LogP) is 2.82. The Bertz CT molecular complexity index is 971. The van der Waals surface area contributed by atoms with E-state index in [4.69, 9.17) is 5.73 Å². The van der Waals surface area contributed by atoms with E-state index >= 15 is 0 Å². The second kappa shape index (κ2) is 7.56. The number of nitrogens with two attached hydrogens (primary N) is 1. The average Bonchev–Trinajstić information content (AvgIpc) is 3.30. The number of urea groups is 1. The molecule has 6 nitrogen and oxygen atoms in total. The van der Waals surface area contributed by atoms with Crippen LogP contribution in [0, 0.1) is 0 Å². The van der Waals surface area contributed by atoms with Crippen LogP contribution in [-0.4, -0.2) is 20.2 Å². The number of fused-ring (bicyclic) bond motifs is 2. The number of rotatable bonds is 5. The van der Waals surface area contributed by atoms with Gasteiger partial charge in [-0.25, -0.2) is 17.9 Å². The number of aryl methyl sites for hydroxylation is 2. The summed E-state index contributed by atoms with van der Waals surface area (Å²) in [6.07, 6.45) is 6.01. The summed E-state index contributed by atoms with van der Waals surface area (Å²) in [6, 6.07) is 9.85. The zero-order valence-electron chi connectivity index (χ0n) is 15.7. The van der Waals surface area contributed by atoms with Crippen molar-refractivity contribution in [2.75, 3.05) is 11.1 Å². The lowest BCUT2D eigenvalue weighted by molar-refractivity contribution is 0.256. The number of anilines is 1. The van der Waals surface area contributed by atoms with Gasteiger partial charge >= 0.3 is 6.03 Å². The van der Waals surface area contributed by atoms with E-state index in [-0.39, 0.29) is 5.75 Å². The lowest BCUT2D eigenvalue weighted by Gasteiger charge is -2.17. The minimum atomic E-state index is -3.86. The Morgan fingerprint density at radius 1 is 1.00 bits per heavy atom. The smallest absolute Gasteiger partial charge is 0.323 e. The van der Waals surface area contributed by atoms with Crippen LogP contribution < -0.4 is 15.8 Å². The SMILES string of the molecule is NC(CS(=O)(=O)NC(=O)Nc1c2c(cc3c1CCC3)CCC2)c1ccccc1.